The smallest absolute Gasteiger partial charge is 0.340 e. The maximum atomic E-state index is 13.0. The van der Waals surface area contributed by atoms with Gasteiger partial charge in [-0.25, -0.2) is 13.2 Å². The Morgan fingerprint density at radius 1 is 1.10 bits per heavy atom. The first-order chi connectivity index (χ1) is 13.8. The first kappa shape index (κ1) is 20.9. The highest BCUT2D eigenvalue weighted by atomic mass is 32.2. The van der Waals surface area contributed by atoms with Crippen LogP contribution in [0.4, 0.5) is 5.69 Å². The van der Waals surface area contributed by atoms with Gasteiger partial charge in [0.2, 0.25) is 10.0 Å². The maximum absolute atomic E-state index is 13.0. The Hall–Kier alpha value is -2.78. The quantitative estimate of drug-likeness (QED) is 0.402. The van der Waals surface area contributed by atoms with Gasteiger partial charge < -0.3 is 4.74 Å². The number of hydrogen-bond donors (Lipinski definition) is 0. The first-order valence-electron chi connectivity index (χ1n) is 9.35. The Balaban J connectivity index is 1.85. The number of nitro groups is 1. The van der Waals surface area contributed by atoms with Gasteiger partial charge in [-0.15, -0.1) is 0 Å². The van der Waals surface area contributed by atoms with Gasteiger partial charge in [0.15, 0.2) is 0 Å². The van der Waals surface area contributed by atoms with Gasteiger partial charge >= 0.3 is 5.97 Å². The average Bonchev–Trinajstić information content (AvgIpc) is 2.74. The standard InChI is InChI=1S/C20H22N2O6S/c1-15(16-8-7-9-17(14-16)22(24)25)28-20(23)18-10-3-4-11-19(18)29(26,27)21-12-5-2-6-13-21/h3-4,7-11,14-15H,2,5-6,12-13H2,1H3/t15-/m1/s1. The van der Waals surface area contributed by atoms with Gasteiger partial charge in [-0.2, -0.15) is 4.31 Å². The van der Waals surface area contributed by atoms with E-state index in [-0.39, 0.29) is 16.1 Å². The Morgan fingerprint density at radius 3 is 2.48 bits per heavy atom. The van der Waals surface area contributed by atoms with Crippen LogP contribution in [0.3, 0.4) is 0 Å². The molecule has 0 spiro atoms. The van der Waals surface area contributed by atoms with Gasteiger partial charge in [-0.3, -0.25) is 10.1 Å². The van der Waals surface area contributed by atoms with Gasteiger partial charge in [0, 0.05) is 25.2 Å². The molecule has 1 fully saturated rings. The van der Waals surface area contributed by atoms with E-state index in [1.165, 1.54) is 34.6 Å². The van der Waals surface area contributed by atoms with Crippen LogP contribution in [0.15, 0.2) is 53.4 Å². The van der Waals surface area contributed by atoms with E-state index in [1.54, 1.807) is 25.1 Å². The minimum atomic E-state index is -3.81. The minimum Gasteiger partial charge on any atom is -0.454 e. The van der Waals surface area contributed by atoms with Crippen LogP contribution in [-0.2, 0) is 14.8 Å². The van der Waals surface area contributed by atoms with Gasteiger partial charge in [0.1, 0.15) is 6.10 Å². The van der Waals surface area contributed by atoms with Crippen LogP contribution in [0, 0.1) is 10.1 Å². The summed E-state index contributed by atoms with van der Waals surface area (Å²) in [6.45, 7) is 2.43. The Labute approximate surface area is 169 Å². The molecule has 29 heavy (non-hydrogen) atoms. The number of benzene rings is 2. The molecule has 0 aromatic heterocycles. The number of nitrogens with zero attached hydrogens (tertiary/aromatic N) is 2. The van der Waals surface area contributed by atoms with Crippen LogP contribution in [0.25, 0.3) is 0 Å². The molecule has 1 heterocycles. The number of non-ortho nitro benzene ring substituents is 1. The summed E-state index contributed by atoms with van der Waals surface area (Å²) in [5, 5.41) is 11.0. The molecule has 0 bridgehead atoms. The second kappa shape index (κ2) is 8.71. The Kier molecular flexibility index (Phi) is 6.29. The highest BCUT2D eigenvalue weighted by Gasteiger charge is 2.30. The third-order valence-electron chi connectivity index (χ3n) is 4.87. The first-order valence-corrected chi connectivity index (χ1v) is 10.8. The molecule has 0 aliphatic carbocycles. The van der Waals surface area contributed by atoms with Gasteiger partial charge in [0.25, 0.3) is 5.69 Å². The molecule has 3 rings (SSSR count). The van der Waals surface area contributed by atoms with Crippen molar-refractivity contribution in [2.45, 2.75) is 37.2 Å². The molecule has 154 valence electrons. The van der Waals surface area contributed by atoms with E-state index < -0.39 is 27.0 Å². The van der Waals surface area contributed by atoms with Crippen molar-refractivity contribution in [3.63, 3.8) is 0 Å². The zero-order valence-electron chi connectivity index (χ0n) is 16.0. The zero-order valence-corrected chi connectivity index (χ0v) is 16.8. The summed E-state index contributed by atoms with van der Waals surface area (Å²) < 4.78 is 32.9. The highest BCUT2D eigenvalue weighted by Crippen LogP contribution is 2.27. The molecule has 2 aromatic rings. The second-order valence-corrected chi connectivity index (χ2v) is 8.77. The van der Waals surface area contributed by atoms with Crippen molar-refractivity contribution >= 4 is 21.7 Å². The predicted molar refractivity (Wildman–Crippen MR) is 106 cm³/mol. The summed E-state index contributed by atoms with van der Waals surface area (Å²) in [5.41, 5.74) is 0.290. The van der Waals surface area contributed by atoms with Crippen LogP contribution in [0.5, 0.6) is 0 Å². The number of hydrogen-bond acceptors (Lipinski definition) is 6. The Bertz CT molecular complexity index is 1020. The van der Waals surface area contributed by atoms with Crippen LogP contribution >= 0.6 is 0 Å². The predicted octanol–water partition coefficient (Wildman–Crippen LogP) is 3.69. The van der Waals surface area contributed by atoms with E-state index in [9.17, 15) is 23.3 Å². The van der Waals surface area contributed by atoms with E-state index >= 15 is 0 Å². The molecule has 1 aliphatic rings. The number of carbonyl (C=O) groups is 1. The number of rotatable bonds is 6. The number of esters is 1. The van der Waals surface area contributed by atoms with Crippen LogP contribution in [0.2, 0.25) is 0 Å². The molecular formula is C20H22N2O6S. The van der Waals surface area contributed by atoms with E-state index in [1.807, 2.05) is 0 Å². The fraction of sp³-hybridized carbons (Fsp3) is 0.350. The molecule has 1 atom stereocenters. The summed E-state index contributed by atoms with van der Waals surface area (Å²) >= 11 is 0. The lowest BCUT2D eigenvalue weighted by Crippen LogP contribution is -2.36. The molecule has 0 saturated carbocycles. The fourth-order valence-electron chi connectivity index (χ4n) is 3.29. The fourth-order valence-corrected chi connectivity index (χ4v) is 4.98. The summed E-state index contributed by atoms with van der Waals surface area (Å²) in [7, 11) is -3.81. The number of nitro benzene ring substituents is 1. The van der Waals surface area contributed by atoms with Crippen molar-refractivity contribution in [1.29, 1.82) is 0 Å². The summed E-state index contributed by atoms with van der Waals surface area (Å²) in [4.78, 5) is 23.1. The molecule has 1 aliphatic heterocycles. The van der Waals surface area contributed by atoms with Crippen molar-refractivity contribution in [2.24, 2.45) is 0 Å². The maximum Gasteiger partial charge on any atom is 0.340 e. The van der Waals surface area contributed by atoms with Crippen LogP contribution < -0.4 is 0 Å². The van der Waals surface area contributed by atoms with Crippen molar-refractivity contribution in [1.82, 2.24) is 4.31 Å². The van der Waals surface area contributed by atoms with E-state index in [2.05, 4.69) is 0 Å². The van der Waals surface area contributed by atoms with Crippen LogP contribution in [0.1, 0.15) is 48.2 Å². The van der Waals surface area contributed by atoms with Gasteiger partial charge in [-0.1, -0.05) is 30.7 Å². The number of piperidine rings is 1. The van der Waals surface area contributed by atoms with Crippen molar-refractivity contribution < 1.29 is 22.9 Å². The zero-order chi connectivity index (χ0) is 21.0. The molecular weight excluding hydrogens is 396 g/mol. The monoisotopic (exact) mass is 418 g/mol. The van der Waals surface area contributed by atoms with E-state index in [0.717, 1.165) is 19.3 Å². The minimum absolute atomic E-state index is 0.0460. The second-order valence-electron chi connectivity index (χ2n) is 6.86. The Morgan fingerprint density at radius 2 is 1.79 bits per heavy atom. The van der Waals surface area contributed by atoms with Crippen molar-refractivity contribution in [3.8, 4) is 0 Å². The SMILES string of the molecule is C[C@@H](OC(=O)c1ccccc1S(=O)(=O)N1CCCCC1)c1cccc([N+](=O)[O-])c1. The topological polar surface area (TPSA) is 107 Å². The molecule has 8 nitrogen and oxygen atoms in total. The lowest BCUT2D eigenvalue weighted by molar-refractivity contribution is -0.385. The molecule has 1 saturated heterocycles. The third kappa shape index (κ3) is 4.63. The average molecular weight is 418 g/mol. The molecule has 0 N–H and O–H groups in total. The molecule has 0 amide bonds. The van der Waals surface area contributed by atoms with Crippen molar-refractivity contribution in [3.05, 3.63) is 69.8 Å². The number of carbonyl (C=O) groups excluding carboxylic acids is 1. The number of sulfonamides is 1. The summed E-state index contributed by atoms with van der Waals surface area (Å²) in [6.07, 6.45) is 1.77. The highest BCUT2D eigenvalue weighted by molar-refractivity contribution is 7.89. The van der Waals surface area contributed by atoms with E-state index in [4.69, 9.17) is 4.74 Å². The van der Waals surface area contributed by atoms with Gasteiger partial charge in [0.05, 0.1) is 15.4 Å². The normalized spacial score (nSPS) is 16.2. The third-order valence-corrected chi connectivity index (χ3v) is 6.83. The lowest BCUT2D eigenvalue weighted by Gasteiger charge is -2.26. The summed E-state index contributed by atoms with van der Waals surface area (Å²) in [6, 6.07) is 11.8. The molecule has 0 unspecified atom stereocenters. The lowest BCUT2D eigenvalue weighted by atomic mass is 10.1. The largest absolute Gasteiger partial charge is 0.454 e. The molecule has 0 radical (unpaired) electrons. The van der Waals surface area contributed by atoms with E-state index in [0.29, 0.717) is 18.7 Å². The molecule has 2 aromatic carbocycles. The van der Waals surface area contributed by atoms with Gasteiger partial charge in [-0.05, 0) is 37.5 Å². The van der Waals surface area contributed by atoms with Crippen LogP contribution in [-0.4, -0.2) is 36.7 Å². The molecule has 9 heteroatoms. The van der Waals surface area contributed by atoms with Crippen molar-refractivity contribution in [2.75, 3.05) is 13.1 Å². The summed E-state index contributed by atoms with van der Waals surface area (Å²) in [5.74, 6) is -0.791. The number of ether oxygens (including phenoxy) is 1.